The fraction of sp³-hybridized carbons (Fsp3) is 0.500. The van der Waals surface area contributed by atoms with Gasteiger partial charge in [0.1, 0.15) is 5.76 Å². The van der Waals surface area contributed by atoms with Gasteiger partial charge in [0.05, 0.1) is 12.9 Å². The maximum atomic E-state index is 10.6. The lowest BCUT2D eigenvalue weighted by atomic mass is 10.3. The molecule has 0 radical (unpaired) electrons. The lowest BCUT2D eigenvalue weighted by Gasteiger charge is -1.98. The molecule has 0 N–H and O–H groups in total. The molecule has 0 atom stereocenters. The lowest BCUT2D eigenvalue weighted by molar-refractivity contribution is 0.306. The summed E-state index contributed by atoms with van der Waals surface area (Å²) in [5.41, 5.74) is 0. The summed E-state index contributed by atoms with van der Waals surface area (Å²) in [6.07, 6.45) is 5.88. The molecule has 0 spiro atoms. The zero-order valence-electron chi connectivity index (χ0n) is 7.66. The summed E-state index contributed by atoms with van der Waals surface area (Å²) in [6, 6.07) is 0. The van der Waals surface area contributed by atoms with Crippen LogP contribution in [0.2, 0.25) is 0 Å². The quantitative estimate of drug-likeness (QED) is 0.408. The van der Waals surface area contributed by atoms with Crippen molar-refractivity contribution in [1.82, 2.24) is 0 Å². The fourth-order valence-electron chi connectivity index (χ4n) is 0.635. The molecule has 0 aliphatic heterocycles. The molecule has 0 aliphatic carbocycles. The average molecular weight is 225 g/mol. The third kappa shape index (κ3) is 7.87. The highest BCUT2D eigenvalue weighted by Gasteiger charge is 2.02. The Morgan fingerprint density at radius 3 is 2.54 bits per heavy atom. The van der Waals surface area contributed by atoms with Crippen LogP contribution in [0.5, 0.6) is 0 Å². The van der Waals surface area contributed by atoms with Crippen LogP contribution in [0, 0.1) is 0 Å². The van der Waals surface area contributed by atoms with Crippen LogP contribution in [-0.4, -0.2) is 21.3 Å². The van der Waals surface area contributed by atoms with E-state index in [-0.39, 0.29) is 5.75 Å². The molecule has 0 aromatic carbocycles. The molecule has 0 aromatic rings. The molecule has 0 unspecified atom stereocenters. The summed E-state index contributed by atoms with van der Waals surface area (Å²) >= 11 is 0. The van der Waals surface area contributed by atoms with Crippen molar-refractivity contribution in [2.45, 2.75) is 13.3 Å². The summed E-state index contributed by atoms with van der Waals surface area (Å²) < 4.78 is 26.0. The standard InChI is InChI=1S/C8H13ClO3S/c1-3-4-5-8(12-2)6-7-13(9,10)11/h4-6H,3,7H2,1-2H3/b5-4-,8-6+. The van der Waals surface area contributed by atoms with E-state index in [1.807, 2.05) is 13.0 Å². The van der Waals surface area contributed by atoms with Gasteiger partial charge in [0, 0.05) is 10.7 Å². The molecule has 13 heavy (non-hydrogen) atoms. The number of hydrogen-bond acceptors (Lipinski definition) is 3. The van der Waals surface area contributed by atoms with Crippen LogP contribution in [0.4, 0.5) is 0 Å². The van der Waals surface area contributed by atoms with Crippen molar-refractivity contribution in [3.63, 3.8) is 0 Å². The monoisotopic (exact) mass is 224 g/mol. The van der Waals surface area contributed by atoms with E-state index in [0.29, 0.717) is 5.76 Å². The minimum atomic E-state index is -3.47. The van der Waals surface area contributed by atoms with Crippen LogP contribution in [-0.2, 0) is 13.8 Å². The van der Waals surface area contributed by atoms with Crippen LogP contribution in [0.3, 0.4) is 0 Å². The van der Waals surface area contributed by atoms with Crippen LogP contribution >= 0.6 is 10.7 Å². The molecule has 0 rings (SSSR count). The van der Waals surface area contributed by atoms with E-state index in [9.17, 15) is 8.42 Å². The Morgan fingerprint density at radius 1 is 1.54 bits per heavy atom. The Balaban J connectivity index is 4.32. The SMILES string of the molecule is CC/C=C\C(=C/CS(=O)(=O)Cl)OC. The van der Waals surface area contributed by atoms with Crippen LogP contribution in [0.15, 0.2) is 24.0 Å². The molecule has 0 fully saturated rings. The first-order valence-electron chi connectivity index (χ1n) is 3.82. The molecule has 0 saturated heterocycles. The first-order valence-corrected chi connectivity index (χ1v) is 6.30. The van der Waals surface area contributed by atoms with E-state index >= 15 is 0 Å². The molecule has 0 aromatic heterocycles. The molecule has 0 heterocycles. The number of halogens is 1. The van der Waals surface area contributed by atoms with Gasteiger partial charge in [0.25, 0.3) is 0 Å². The summed E-state index contributed by atoms with van der Waals surface area (Å²) in [5, 5.41) is 0. The largest absolute Gasteiger partial charge is 0.497 e. The molecule has 0 bridgehead atoms. The van der Waals surface area contributed by atoms with E-state index in [4.69, 9.17) is 15.4 Å². The van der Waals surface area contributed by atoms with E-state index in [1.165, 1.54) is 13.2 Å². The molecule has 0 aliphatic rings. The van der Waals surface area contributed by atoms with Gasteiger partial charge in [-0.15, -0.1) is 0 Å². The van der Waals surface area contributed by atoms with Gasteiger partial charge in [-0.25, -0.2) is 8.42 Å². The van der Waals surface area contributed by atoms with E-state index in [1.54, 1.807) is 6.08 Å². The Kier molecular flexibility index (Phi) is 5.82. The third-order valence-corrected chi connectivity index (χ3v) is 2.18. The number of rotatable bonds is 5. The van der Waals surface area contributed by atoms with Gasteiger partial charge in [-0.2, -0.15) is 0 Å². The van der Waals surface area contributed by atoms with E-state index < -0.39 is 9.05 Å². The molecule has 5 heteroatoms. The lowest BCUT2D eigenvalue weighted by Crippen LogP contribution is -1.95. The van der Waals surface area contributed by atoms with Gasteiger partial charge in [-0.1, -0.05) is 13.0 Å². The van der Waals surface area contributed by atoms with E-state index in [0.717, 1.165) is 6.42 Å². The number of allylic oxidation sites excluding steroid dienone is 2. The van der Waals surface area contributed by atoms with Gasteiger partial charge in [0.15, 0.2) is 0 Å². The maximum absolute atomic E-state index is 10.6. The predicted octanol–water partition coefficient (Wildman–Crippen LogP) is 2.05. The normalized spacial score (nSPS) is 13.6. The highest BCUT2D eigenvalue weighted by molar-refractivity contribution is 8.13. The smallest absolute Gasteiger partial charge is 0.236 e. The van der Waals surface area contributed by atoms with Gasteiger partial charge in [-0.05, 0) is 18.6 Å². The molecular formula is C8H13ClO3S. The van der Waals surface area contributed by atoms with Crippen LogP contribution in [0.25, 0.3) is 0 Å². The minimum absolute atomic E-state index is 0.216. The second kappa shape index (κ2) is 6.05. The fourth-order valence-corrected chi connectivity index (χ4v) is 1.19. The Hall–Kier alpha value is -0.480. The van der Waals surface area contributed by atoms with E-state index in [2.05, 4.69) is 0 Å². The van der Waals surface area contributed by atoms with Gasteiger partial charge < -0.3 is 4.74 Å². The highest BCUT2D eigenvalue weighted by Crippen LogP contribution is 2.03. The average Bonchev–Trinajstić information content (AvgIpc) is 2.03. The molecule has 76 valence electrons. The third-order valence-electron chi connectivity index (χ3n) is 1.24. The Bertz CT molecular complexity index is 291. The van der Waals surface area contributed by atoms with Crippen LogP contribution in [0.1, 0.15) is 13.3 Å². The van der Waals surface area contributed by atoms with Crippen molar-refractivity contribution < 1.29 is 13.2 Å². The van der Waals surface area contributed by atoms with Gasteiger partial charge in [0.2, 0.25) is 9.05 Å². The van der Waals surface area contributed by atoms with Crippen LogP contribution < -0.4 is 0 Å². The van der Waals surface area contributed by atoms with Crippen molar-refractivity contribution in [3.05, 3.63) is 24.0 Å². The first-order chi connectivity index (χ1) is 5.99. The highest BCUT2D eigenvalue weighted by atomic mass is 35.7. The molecule has 0 amide bonds. The van der Waals surface area contributed by atoms with Crippen molar-refractivity contribution >= 4 is 19.7 Å². The summed E-state index contributed by atoms with van der Waals surface area (Å²) in [6.45, 7) is 1.97. The van der Waals surface area contributed by atoms with Gasteiger partial charge in [-0.3, -0.25) is 0 Å². The topological polar surface area (TPSA) is 43.4 Å². The van der Waals surface area contributed by atoms with Crippen molar-refractivity contribution in [2.75, 3.05) is 12.9 Å². The second-order valence-electron chi connectivity index (χ2n) is 2.33. The predicted molar refractivity (Wildman–Crippen MR) is 54.2 cm³/mol. The minimum Gasteiger partial charge on any atom is -0.497 e. The Labute approximate surface area is 83.5 Å². The first kappa shape index (κ1) is 12.5. The number of hydrogen-bond donors (Lipinski definition) is 0. The Morgan fingerprint density at radius 2 is 2.15 bits per heavy atom. The molecule has 0 saturated carbocycles. The van der Waals surface area contributed by atoms with Crippen molar-refractivity contribution in [3.8, 4) is 0 Å². The summed E-state index contributed by atoms with van der Waals surface area (Å²) in [4.78, 5) is 0. The summed E-state index contributed by atoms with van der Waals surface area (Å²) in [5.74, 6) is 0.289. The van der Waals surface area contributed by atoms with Crippen molar-refractivity contribution in [1.29, 1.82) is 0 Å². The van der Waals surface area contributed by atoms with Gasteiger partial charge >= 0.3 is 0 Å². The second-order valence-corrected chi connectivity index (χ2v) is 5.15. The zero-order chi connectivity index (χ0) is 10.3. The summed E-state index contributed by atoms with van der Waals surface area (Å²) in [7, 11) is 3.02. The number of ether oxygens (including phenoxy) is 1. The number of methoxy groups -OCH3 is 1. The molecule has 3 nitrogen and oxygen atoms in total. The van der Waals surface area contributed by atoms with Crippen molar-refractivity contribution in [2.24, 2.45) is 0 Å². The maximum Gasteiger partial charge on any atom is 0.236 e. The molecular weight excluding hydrogens is 212 g/mol. The zero-order valence-corrected chi connectivity index (χ0v) is 9.23.